The van der Waals surface area contributed by atoms with Gasteiger partial charge in [0.2, 0.25) is 5.95 Å². The average molecular weight is 421 g/mol. The van der Waals surface area contributed by atoms with Crippen molar-refractivity contribution in [2.24, 2.45) is 4.99 Å². The van der Waals surface area contributed by atoms with E-state index in [1.807, 2.05) is 18.2 Å². The van der Waals surface area contributed by atoms with Gasteiger partial charge in [-0.25, -0.2) is 14.4 Å². The molecule has 2 heterocycles. The van der Waals surface area contributed by atoms with Crippen LogP contribution in [0.4, 0.5) is 10.3 Å². The molecule has 1 aliphatic rings. The minimum Gasteiger partial charge on any atom is -0.356 e. The number of rotatable bonds is 4. The van der Waals surface area contributed by atoms with Gasteiger partial charge in [0.15, 0.2) is 5.96 Å². The van der Waals surface area contributed by atoms with Gasteiger partial charge in [-0.1, -0.05) is 6.07 Å². The molecule has 1 aliphatic heterocycles. The molecule has 6 nitrogen and oxygen atoms in total. The smallest absolute Gasteiger partial charge is 0.225 e. The molecule has 1 aromatic heterocycles. The second kappa shape index (κ2) is 8.93. The maximum Gasteiger partial charge on any atom is 0.225 e. The third kappa shape index (κ3) is 4.69. The van der Waals surface area contributed by atoms with Crippen molar-refractivity contribution in [3.63, 3.8) is 0 Å². The van der Waals surface area contributed by atoms with Crippen molar-refractivity contribution in [2.45, 2.75) is 6.42 Å². The minimum absolute atomic E-state index is 0.238. The Morgan fingerprint density at radius 1 is 1.23 bits per heavy atom. The Hall–Kier alpha value is -2.22. The number of hydrogen-bond donors (Lipinski definition) is 1. The fourth-order valence-corrected chi connectivity index (χ4v) is 3.35. The molecular weight excluding hydrogens is 399 g/mol. The van der Waals surface area contributed by atoms with Crippen molar-refractivity contribution in [3.05, 3.63) is 52.5 Å². The summed E-state index contributed by atoms with van der Waals surface area (Å²) in [5.41, 5.74) is 1.08. The maximum atomic E-state index is 13.3. The number of benzene rings is 1. The Morgan fingerprint density at radius 2 is 1.96 bits per heavy atom. The zero-order chi connectivity index (χ0) is 18.4. The summed E-state index contributed by atoms with van der Waals surface area (Å²) < 4.78 is 13.8. The van der Waals surface area contributed by atoms with Gasteiger partial charge in [-0.2, -0.15) is 0 Å². The molecule has 0 saturated carbocycles. The molecule has 0 atom stereocenters. The third-order valence-corrected chi connectivity index (χ3v) is 4.91. The third-order valence-electron chi connectivity index (χ3n) is 4.31. The fraction of sp³-hybridized carbons (Fsp3) is 0.389. The molecule has 1 N–H and O–H groups in total. The van der Waals surface area contributed by atoms with Crippen molar-refractivity contribution in [1.29, 1.82) is 0 Å². The first-order valence-electron chi connectivity index (χ1n) is 8.59. The molecule has 1 aromatic carbocycles. The van der Waals surface area contributed by atoms with Crippen molar-refractivity contribution in [1.82, 2.24) is 20.2 Å². The van der Waals surface area contributed by atoms with Crippen molar-refractivity contribution in [3.8, 4) is 0 Å². The zero-order valence-corrected chi connectivity index (χ0v) is 16.3. The van der Waals surface area contributed by atoms with E-state index in [4.69, 9.17) is 0 Å². The molecule has 0 bridgehead atoms. The van der Waals surface area contributed by atoms with E-state index in [0.717, 1.165) is 56.6 Å². The van der Waals surface area contributed by atoms with Crippen molar-refractivity contribution < 1.29 is 4.39 Å². The summed E-state index contributed by atoms with van der Waals surface area (Å²) >= 11 is 3.23. The zero-order valence-electron chi connectivity index (χ0n) is 14.7. The molecule has 3 rings (SSSR count). The molecule has 8 heteroatoms. The van der Waals surface area contributed by atoms with E-state index in [2.05, 4.69) is 46.0 Å². The quantitative estimate of drug-likeness (QED) is 0.607. The van der Waals surface area contributed by atoms with Gasteiger partial charge in [-0.05, 0) is 46.1 Å². The van der Waals surface area contributed by atoms with Crippen LogP contribution in [-0.2, 0) is 6.42 Å². The first-order chi connectivity index (χ1) is 12.7. The number of piperazine rings is 1. The SMILES string of the molecule is CN=C(NCCc1ccc(F)c(Br)c1)N1CCN(c2ncccn2)CC1. The van der Waals surface area contributed by atoms with Gasteiger partial charge in [-0.15, -0.1) is 0 Å². The van der Waals surface area contributed by atoms with E-state index in [1.165, 1.54) is 6.07 Å². The van der Waals surface area contributed by atoms with Crippen LogP contribution in [0.25, 0.3) is 0 Å². The van der Waals surface area contributed by atoms with Crippen LogP contribution in [0.1, 0.15) is 5.56 Å². The minimum atomic E-state index is -0.238. The van der Waals surface area contributed by atoms with Crippen LogP contribution < -0.4 is 10.2 Å². The highest BCUT2D eigenvalue weighted by Crippen LogP contribution is 2.17. The first-order valence-corrected chi connectivity index (χ1v) is 9.38. The summed E-state index contributed by atoms with van der Waals surface area (Å²) in [6.07, 6.45) is 4.34. The lowest BCUT2D eigenvalue weighted by Crippen LogP contribution is -2.53. The number of hydrogen-bond acceptors (Lipinski definition) is 4. The fourth-order valence-electron chi connectivity index (χ4n) is 2.92. The van der Waals surface area contributed by atoms with Crippen LogP contribution in [0.3, 0.4) is 0 Å². The van der Waals surface area contributed by atoms with E-state index < -0.39 is 0 Å². The lowest BCUT2D eigenvalue weighted by molar-refractivity contribution is 0.370. The highest BCUT2D eigenvalue weighted by atomic mass is 79.9. The number of halogens is 2. The molecule has 0 aliphatic carbocycles. The molecule has 0 spiro atoms. The molecule has 26 heavy (non-hydrogen) atoms. The van der Waals surface area contributed by atoms with Crippen LogP contribution in [0.5, 0.6) is 0 Å². The van der Waals surface area contributed by atoms with Gasteiger partial charge in [0.05, 0.1) is 4.47 Å². The summed E-state index contributed by atoms with van der Waals surface area (Å²) in [7, 11) is 1.80. The van der Waals surface area contributed by atoms with Crippen LogP contribution in [0.15, 0.2) is 46.1 Å². The van der Waals surface area contributed by atoms with E-state index in [-0.39, 0.29) is 5.82 Å². The highest BCUT2D eigenvalue weighted by Gasteiger charge is 2.20. The lowest BCUT2D eigenvalue weighted by atomic mass is 10.1. The van der Waals surface area contributed by atoms with Crippen LogP contribution in [0.2, 0.25) is 0 Å². The number of aromatic nitrogens is 2. The molecule has 0 amide bonds. The summed E-state index contributed by atoms with van der Waals surface area (Å²) in [5, 5.41) is 3.39. The normalized spacial score (nSPS) is 15.3. The van der Waals surface area contributed by atoms with Gasteiger partial charge >= 0.3 is 0 Å². The molecule has 1 saturated heterocycles. The number of anilines is 1. The van der Waals surface area contributed by atoms with E-state index in [0.29, 0.717) is 4.47 Å². The highest BCUT2D eigenvalue weighted by molar-refractivity contribution is 9.10. The monoisotopic (exact) mass is 420 g/mol. The lowest BCUT2D eigenvalue weighted by Gasteiger charge is -2.36. The van der Waals surface area contributed by atoms with Crippen LogP contribution >= 0.6 is 15.9 Å². The van der Waals surface area contributed by atoms with E-state index in [1.54, 1.807) is 19.4 Å². The largest absolute Gasteiger partial charge is 0.356 e. The molecule has 2 aromatic rings. The number of nitrogens with zero attached hydrogens (tertiary/aromatic N) is 5. The summed E-state index contributed by atoms with van der Waals surface area (Å²) in [4.78, 5) is 17.4. The molecular formula is C18H22BrFN6. The average Bonchev–Trinajstić information content (AvgIpc) is 2.69. The van der Waals surface area contributed by atoms with E-state index in [9.17, 15) is 4.39 Å². The second-order valence-corrected chi connectivity index (χ2v) is 6.85. The van der Waals surface area contributed by atoms with Crippen molar-refractivity contribution >= 4 is 27.8 Å². The van der Waals surface area contributed by atoms with Gasteiger partial charge in [0, 0.05) is 52.2 Å². The summed E-state index contributed by atoms with van der Waals surface area (Å²) in [6, 6.07) is 6.94. The van der Waals surface area contributed by atoms with Crippen LogP contribution in [-0.4, -0.2) is 60.6 Å². The Kier molecular flexibility index (Phi) is 6.38. The molecule has 0 radical (unpaired) electrons. The topological polar surface area (TPSA) is 56.7 Å². The predicted molar refractivity (Wildman–Crippen MR) is 105 cm³/mol. The Balaban J connectivity index is 1.48. The second-order valence-electron chi connectivity index (χ2n) is 6.00. The number of guanidine groups is 1. The standard InChI is InChI=1S/C18H22BrFN6/c1-21-17(24-8-5-14-3-4-16(20)15(19)13-14)25-9-11-26(12-10-25)18-22-6-2-7-23-18/h2-4,6-7,13H,5,8-12H2,1H3,(H,21,24). The Morgan fingerprint density at radius 3 is 2.62 bits per heavy atom. The molecule has 1 fully saturated rings. The number of nitrogens with one attached hydrogen (secondary N) is 1. The first kappa shape index (κ1) is 18.6. The maximum absolute atomic E-state index is 13.3. The van der Waals surface area contributed by atoms with Gasteiger partial charge in [-0.3, -0.25) is 4.99 Å². The number of aliphatic imine (C=N–C) groups is 1. The van der Waals surface area contributed by atoms with Crippen LogP contribution in [0, 0.1) is 5.82 Å². The Bertz CT molecular complexity index is 747. The molecule has 0 unspecified atom stereocenters. The van der Waals surface area contributed by atoms with Gasteiger partial charge in [0.25, 0.3) is 0 Å². The van der Waals surface area contributed by atoms with Gasteiger partial charge in [0.1, 0.15) is 5.82 Å². The molecule has 138 valence electrons. The van der Waals surface area contributed by atoms with Crippen molar-refractivity contribution in [2.75, 3.05) is 44.7 Å². The van der Waals surface area contributed by atoms with E-state index >= 15 is 0 Å². The van der Waals surface area contributed by atoms with Gasteiger partial charge < -0.3 is 15.1 Å². The summed E-state index contributed by atoms with van der Waals surface area (Å²) in [6.45, 7) is 4.18. The predicted octanol–water partition coefficient (Wildman–Crippen LogP) is 2.32. The summed E-state index contributed by atoms with van der Waals surface area (Å²) in [5.74, 6) is 1.43. The Labute approximate surface area is 161 Å².